The monoisotopic (exact) mass is 269 g/mol. The lowest BCUT2D eigenvalue weighted by atomic mass is 10.0. The second kappa shape index (κ2) is 8.54. The third-order valence-corrected chi connectivity index (χ3v) is 4.11. The molecule has 0 radical (unpaired) electrons. The number of hydrogen-bond acceptors (Lipinski definition) is 3. The summed E-state index contributed by atoms with van der Waals surface area (Å²) in [5.74, 6) is 0.700. The average Bonchev–Trinajstić information content (AvgIpc) is 2.89. The van der Waals surface area contributed by atoms with E-state index < -0.39 is 0 Å². The summed E-state index contributed by atoms with van der Waals surface area (Å²) in [5.41, 5.74) is 0. The molecule has 112 valence electrons. The lowest BCUT2D eigenvalue weighted by molar-refractivity contribution is -0.120. The number of nitrogens with zero attached hydrogens (tertiary/aromatic N) is 1. The average molecular weight is 269 g/mol. The Morgan fingerprint density at radius 1 is 1.21 bits per heavy atom. The van der Waals surface area contributed by atoms with E-state index in [-0.39, 0.29) is 5.91 Å². The smallest absolute Gasteiger partial charge is 0.234 e. The maximum Gasteiger partial charge on any atom is 0.234 e. The van der Waals surface area contributed by atoms with Gasteiger partial charge in [0.05, 0.1) is 6.54 Å². The van der Waals surface area contributed by atoms with Crippen LogP contribution in [0.3, 0.4) is 0 Å². The maximum atomic E-state index is 11.8. The van der Waals surface area contributed by atoms with Gasteiger partial charge in [0.15, 0.2) is 0 Å². The molecule has 1 heterocycles. The van der Waals surface area contributed by atoms with Gasteiger partial charge in [-0.2, -0.15) is 0 Å². The summed E-state index contributed by atoms with van der Waals surface area (Å²) < 4.78 is 0. The minimum absolute atomic E-state index is 0.116. The quantitative estimate of drug-likeness (QED) is 0.704. The fourth-order valence-corrected chi connectivity index (χ4v) is 2.55. The van der Waals surface area contributed by atoms with Crippen LogP contribution in [-0.2, 0) is 4.79 Å². The van der Waals surface area contributed by atoms with Crippen LogP contribution in [0.25, 0.3) is 0 Å². The van der Waals surface area contributed by atoms with Crippen molar-refractivity contribution in [1.29, 1.82) is 0 Å². The highest BCUT2D eigenvalue weighted by Gasteiger charge is 2.24. The third-order valence-electron chi connectivity index (χ3n) is 4.11. The first-order valence-corrected chi connectivity index (χ1v) is 7.78. The standard InChI is InChI=1S/C15H31N3O/c1-5-13(4)16-11-15(19)17-10-14(12(2)3)18-8-6-7-9-18/h12-14,16H,5-11H2,1-4H3,(H,17,19). The summed E-state index contributed by atoms with van der Waals surface area (Å²) >= 11 is 0. The molecule has 0 saturated carbocycles. The van der Waals surface area contributed by atoms with E-state index in [4.69, 9.17) is 0 Å². The van der Waals surface area contributed by atoms with Gasteiger partial charge < -0.3 is 10.6 Å². The van der Waals surface area contributed by atoms with E-state index in [0.717, 1.165) is 13.0 Å². The van der Waals surface area contributed by atoms with Crippen LogP contribution < -0.4 is 10.6 Å². The number of carbonyl (C=O) groups is 1. The van der Waals surface area contributed by atoms with Crippen molar-refractivity contribution in [2.45, 2.75) is 59.0 Å². The molecule has 0 spiro atoms. The zero-order valence-corrected chi connectivity index (χ0v) is 13.0. The van der Waals surface area contributed by atoms with Gasteiger partial charge in [-0.25, -0.2) is 0 Å². The van der Waals surface area contributed by atoms with Crippen LogP contribution in [0.4, 0.5) is 0 Å². The number of hydrogen-bond donors (Lipinski definition) is 2. The fourth-order valence-electron chi connectivity index (χ4n) is 2.55. The highest BCUT2D eigenvalue weighted by Crippen LogP contribution is 2.16. The molecular formula is C15H31N3O. The van der Waals surface area contributed by atoms with E-state index in [1.807, 2.05) is 0 Å². The molecule has 0 aromatic heterocycles. The molecule has 19 heavy (non-hydrogen) atoms. The molecular weight excluding hydrogens is 238 g/mol. The number of carbonyl (C=O) groups excluding carboxylic acids is 1. The molecule has 1 fully saturated rings. The van der Waals surface area contributed by atoms with Gasteiger partial charge in [0.1, 0.15) is 0 Å². The molecule has 4 nitrogen and oxygen atoms in total. The van der Waals surface area contributed by atoms with Crippen molar-refractivity contribution in [3.8, 4) is 0 Å². The zero-order chi connectivity index (χ0) is 14.3. The van der Waals surface area contributed by atoms with E-state index in [2.05, 4.69) is 43.2 Å². The van der Waals surface area contributed by atoms with Crippen LogP contribution in [0.1, 0.15) is 47.0 Å². The number of rotatable bonds is 8. The Labute approximate surface area is 118 Å². The van der Waals surface area contributed by atoms with Crippen molar-refractivity contribution >= 4 is 5.91 Å². The van der Waals surface area contributed by atoms with Gasteiger partial charge in [-0.05, 0) is 45.2 Å². The molecule has 1 amide bonds. The van der Waals surface area contributed by atoms with Gasteiger partial charge in [0.25, 0.3) is 0 Å². The molecule has 4 heteroatoms. The normalized spacial score (nSPS) is 19.6. The second-order valence-corrected chi connectivity index (χ2v) is 6.05. The van der Waals surface area contributed by atoms with E-state index >= 15 is 0 Å². The Hall–Kier alpha value is -0.610. The Morgan fingerprint density at radius 2 is 1.84 bits per heavy atom. The highest BCUT2D eigenvalue weighted by molar-refractivity contribution is 5.78. The SMILES string of the molecule is CCC(C)NCC(=O)NCC(C(C)C)N1CCCC1. The predicted octanol–water partition coefficient (Wildman–Crippen LogP) is 1.61. The van der Waals surface area contributed by atoms with Crippen LogP contribution in [0.5, 0.6) is 0 Å². The summed E-state index contributed by atoms with van der Waals surface area (Å²) in [6.45, 7) is 12.3. The minimum atomic E-state index is 0.116. The van der Waals surface area contributed by atoms with Gasteiger partial charge in [0.2, 0.25) is 5.91 Å². The summed E-state index contributed by atoms with van der Waals surface area (Å²) in [5, 5.41) is 6.31. The fraction of sp³-hybridized carbons (Fsp3) is 0.933. The van der Waals surface area contributed by atoms with Crippen molar-refractivity contribution in [3.63, 3.8) is 0 Å². The molecule has 2 atom stereocenters. The Kier molecular flexibility index (Phi) is 7.39. The molecule has 1 rings (SSSR count). The molecule has 2 N–H and O–H groups in total. The van der Waals surface area contributed by atoms with E-state index in [1.165, 1.54) is 25.9 Å². The van der Waals surface area contributed by atoms with Crippen LogP contribution >= 0.6 is 0 Å². The summed E-state index contributed by atoms with van der Waals surface area (Å²) in [6.07, 6.45) is 3.65. The first-order chi connectivity index (χ1) is 9.04. The van der Waals surface area contributed by atoms with Gasteiger partial charge >= 0.3 is 0 Å². The van der Waals surface area contributed by atoms with Crippen molar-refractivity contribution in [3.05, 3.63) is 0 Å². The van der Waals surface area contributed by atoms with Crippen LogP contribution in [0.15, 0.2) is 0 Å². The highest BCUT2D eigenvalue weighted by atomic mass is 16.1. The first-order valence-electron chi connectivity index (χ1n) is 7.78. The van der Waals surface area contributed by atoms with Crippen LogP contribution in [0.2, 0.25) is 0 Å². The molecule has 2 unspecified atom stereocenters. The van der Waals surface area contributed by atoms with Gasteiger partial charge in [0, 0.05) is 18.6 Å². The Bertz CT molecular complexity index is 262. The van der Waals surface area contributed by atoms with Crippen LogP contribution in [-0.4, -0.2) is 49.1 Å². The van der Waals surface area contributed by atoms with Crippen molar-refractivity contribution in [1.82, 2.24) is 15.5 Å². The second-order valence-electron chi connectivity index (χ2n) is 6.05. The zero-order valence-electron chi connectivity index (χ0n) is 13.0. The number of nitrogens with one attached hydrogen (secondary N) is 2. The third kappa shape index (κ3) is 5.91. The van der Waals surface area contributed by atoms with E-state index in [1.54, 1.807) is 0 Å². The van der Waals surface area contributed by atoms with Gasteiger partial charge in [-0.3, -0.25) is 9.69 Å². The number of likely N-dealkylation sites (tertiary alicyclic amines) is 1. The molecule has 1 aliphatic rings. The number of amides is 1. The Balaban J connectivity index is 2.29. The lowest BCUT2D eigenvalue weighted by Crippen LogP contribution is -2.47. The van der Waals surface area contributed by atoms with Gasteiger partial charge in [-0.1, -0.05) is 20.8 Å². The predicted molar refractivity (Wildman–Crippen MR) is 80.2 cm³/mol. The van der Waals surface area contributed by atoms with E-state index in [0.29, 0.717) is 24.5 Å². The first kappa shape index (κ1) is 16.4. The topological polar surface area (TPSA) is 44.4 Å². The molecule has 0 aliphatic carbocycles. The van der Waals surface area contributed by atoms with Crippen LogP contribution in [0, 0.1) is 5.92 Å². The molecule has 1 saturated heterocycles. The molecule has 0 aromatic rings. The minimum Gasteiger partial charge on any atom is -0.353 e. The largest absolute Gasteiger partial charge is 0.353 e. The van der Waals surface area contributed by atoms with Crippen molar-refractivity contribution in [2.24, 2.45) is 5.92 Å². The Morgan fingerprint density at radius 3 is 2.37 bits per heavy atom. The molecule has 0 bridgehead atoms. The molecule has 1 aliphatic heterocycles. The summed E-state index contributed by atoms with van der Waals surface area (Å²) in [7, 11) is 0. The lowest BCUT2D eigenvalue weighted by Gasteiger charge is -2.31. The van der Waals surface area contributed by atoms with Gasteiger partial charge in [-0.15, -0.1) is 0 Å². The summed E-state index contributed by atoms with van der Waals surface area (Å²) in [4.78, 5) is 14.3. The molecule has 0 aromatic carbocycles. The maximum absolute atomic E-state index is 11.8. The summed E-state index contributed by atoms with van der Waals surface area (Å²) in [6, 6.07) is 0.889. The van der Waals surface area contributed by atoms with Crippen molar-refractivity contribution in [2.75, 3.05) is 26.2 Å². The van der Waals surface area contributed by atoms with E-state index in [9.17, 15) is 4.79 Å². The van der Waals surface area contributed by atoms with Crippen molar-refractivity contribution < 1.29 is 4.79 Å².